The van der Waals surface area contributed by atoms with E-state index in [-0.39, 0.29) is 17.2 Å². The Morgan fingerprint density at radius 3 is 2.73 bits per heavy atom. The molecule has 0 bridgehead atoms. The minimum atomic E-state index is -0.682. The number of hydrogen-bond donors (Lipinski definition) is 2. The third-order valence-corrected chi connectivity index (χ3v) is 6.09. The highest BCUT2D eigenvalue weighted by Gasteiger charge is 2.22. The predicted octanol–water partition coefficient (Wildman–Crippen LogP) is 4.30. The summed E-state index contributed by atoms with van der Waals surface area (Å²) in [6, 6.07) is 8.89. The van der Waals surface area contributed by atoms with Crippen LogP contribution in [0, 0.1) is 11.6 Å². The fourth-order valence-corrected chi connectivity index (χ4v) is 4.33. The first-order valence-electron chi connectivity index (χ1n) is 11.7. The van der Waals surface area contributed by atoms with E-state index in [9.17, 15) is 13.6 Å². The number of likely N-dealkylation sites (N-methyl/N-ethyl adjacent to an activating group) is 1. The summed E-state index contributed by atoms with van der Waals surface area (Å²) in [6.45, 7) is 1.73. The standard InChI is InChI=1S/C27H24F2N6O2/c1-35-8-7-19(14-35)37-24-11-23-20(10-16(24)5-6-25(30)36)27(33-15-32-23)34-18-9-17(12-31-13-18)26-21(28)3-2-4-22(26)29/h2-6,9-13,15,19H,7-8,14H2,1H3,(H2,30,36)(H,32,33,34)/t19-/m1/s1. The Morgan fingerprint density at radius 1 is 1.19 bits per heavy atom. The quantitative estimate of drug-likeness (QED) is 0.363. The number of pyridine rings is 1. The summed E-state index contributed by atoms with van der Waals surface area (Å²) in [5.74, 6) is -0.929. The molecule has 4 aromatic rings. The molecule has 1 atom stereocenters. The van der Waals surface area contributed by atoms with Crippen LogP contribution in [0.3, 0.4) is 0 Å². The van der Waals surface area contributed by atoms with E-state index >= 15 is 0 Å². The van der Waals surface area contributed by atoms with Crippen LogP contribution in [0.4, 0.5) is 20.3 Å². The van der Waals surface area contributed by atoms with Crippen LogP contribution in [-0.4, -0.2) is 52.0 Å². The summed E-state index contributed by atoms with van der Waals surface area (Å²) < 4.78 is 34.9. The summed E-state index contributed by atoms with van der Waals surface area (Å²) in [5, 5.41) is 3.81. The Labute approximate surface area is 211 Å². The van der Waals surface area contributed by atoms with Crippen molar-refractivity contribution in [1.82, 2.24) is 19.9 Å². The molecule has 0 aliphatic carbocycles. The molecule has 0 radical (unpaired) electrons. The summed E-state index contributed by atoms with van der Waals surface area (Å²) in [6.07, 6.45) is 8.08. The van der Waals surface area contributed by atoms with Crippen molar-refractivity contribution in [2.45, 2.75) is 12.5 Å². The number of hydrogen-bond acceptors (Lipinski definition) is 7. The van der Waals surface area contributed by atoms with Crippen LogP contribution in [0.25, 0.3) is 28.1 Å². The minimum Gasteiger partial charge on any atom is -0.488 e. The molecular formula is C27H24F2N6O2. The van der Waals surface area contributed by atoms with Crippen molar-refractivity contribution in [3.63, 3.8) is 0 Å². The Hall–Kier alpha value is -4.44. The van der Waals surface area contributed by atoms with Gasteiger partial charge in [0.2, 0.25) is 5.91 Å². The number of fused-ring (bicyclic) bond motifs is 1. The number of amides is 1. The normalized spacial score (nSPS) is 15.9. The van der Waals surface area contributed by atoms with E-state index < -0.39 is 17.5 Å². The van der Waals surface area contributed by atoms with Crippen LogP contribution in [0.15, 0.2) is 61.2 Å². The van der Waals surface area contributed by atoms with Gasteiger partial charge in [-0.15, -0.1) is 0 Å². The van der Waals surface area contributed by atoms with Gasteiger partial charge in [-0.3, -0.25) is 9.78 Å². The molecule has 8 nitrogen and oxygen atoms in total. The zero-order valence-corrected chi connectivity index (χ0v) is 20.0. The van der Waals surface area contributed by atoms with Crippen molar-refractivity contribution in [3.05, 3.63) is 78.4 Å². The molecule has 1 aliphatic heterocycles. The number of nitrogens with two attached hydrogens (primary N) is 1. The Bertz CT molecular complexity index is 1490. The van der Waals surface area contributed by atoms with Crippen molar-refractivity contribution < 1.29 is 18.3 Å². The van der Waals surface area contributed by atoms with E-state index in [1.165, 1.54) is 43.0 Å². The van der Waals surface area contributed by atoms with Gasteiger partial charge in [0, 0.05) is 47.9 Å². The lowest BCUT2D eigenvalue weighted by molar-refractivity contribution is -0.113. The zero-order chi connectivity index (χ0) is 25.9. The van der Waals surface area contributed by atoms with Gasteiger partial charge in [0.05, 0.1) is 23.0 Å². The van der Waals surface area contributed by atoms with E-state index in [1.807, 2.05) is 7.05 Å². The van der Waals surface area contributed by atoms with E-state index in [2.05, 4.69) is 25.2 Å². The first kappa shape index (κ1) is 24.3. The number of anilines is 2. The third-order valence-electron chi connectivity index (χ3n) is 6.09. The van der Waals surface area contributed by atoms with Gasteiger partial charge in [-0.2, -0.15) is 0 Å². The highest BCUT2D eigenvalue weighted by Crippen LogP contribution is 2.33. The van der Waals surface area contributed by atoms with Gasteiger partial charge in [-0.1, -0.05) is 6.07 Å². The van der Waals surface area contributed by atoms with Crippen molar-refractivity contribution >= 4 is 34.4 Å². The average molecular weight is 503 g/mol. The van der Waals surface area contributed by atoms with Crippen molar-refractivity contribution in [3.8, 4) is 16.9 Å². The van der Waals surface area contributed by atoms with Gasteiger partial charge < -0.3 is 20.7 Å². The average Bonchev–Trinajstić information content (AvgIpc) is 3.27. The Kier molecular flexibility index (Phi) is 6.74. The summed E-state index contributed by atoms with van der Waals surface area (Å²) >= 11 is 0. The van der Waals surface area contributed by atoms with E-state index in [0.29, 0.717) is 33.7 Å². The van der Waals surface area contributed by atoms with Crippen LogP contribution in [-0.2, 0) is 4.79 Å². The number of nitrogens with zero attached hydrogens (tertiary/aromatic N) is 4. The molecule has 2 aromatic carbocycles. The van der Waals surface area contributed by atoms with Gasteiger partial charge in [0.25, 0.3) is 0 Å². The molecule has 0 spiro atoms. The molecule has 1 fully saturated rings. The van der Waals surface area contributed by atoms with Crippen LogP contribution in [0.1, 0.15) is 12.0 Å². The molecule has 3 heterocycles. The van der Waals surface area contributed by atoms with Gasteiger partial charge in [-0.05, 0) is 43.8 Å². The first-order chi connectivity index (χ1) is 17.9. The fourth-order valence-electron chi connectivity index (χ4n) is 4.33. The minimum absolute atomic E-state index is 0.00945. The number of carbonyl (C=O) groups excluding carboxylic acids is 1. The van der Waals surface area contributed by atoms with Gasteiger partial charge in [0.1, 0.15) is 35.6 Å². The number of halogens is 2. The maximum Gasteiger partial charge on any atom is 0.241 e. The van der Waals surface area contributed by atoms with Crippen molar-refractivity contribution in [1.29, 1.82) is 0 Å². The largest absolute Gasteiger partial charge is 0.488 e. The van der Waals surface area contributed by atoms with Gasteiger partial charge in [-0.25, -0.2) is 18.7 Å². The number of nitrogens with one attached hydrogen (secondary N) is 1. The van der Waals surface area contributed by atoms with E-state index in [1.54, 1.807) is 24.3 Å². The number of likely N-dealkylation sites (tertiary alicyclic amines) is 1. The van der Waals surface area contributed by atoms with Gasteiger partial charge >= 0.3 is 0 Å². The first-order valence-corrected chi connectivity index (χ1v) is 11.7. The highest BCUT2D eigenvalue weighted by atomic mass is 19.1. The lowest BCUT2D eigenvalue weighted by Gasteiger charge is -2.17. The molecule has 1 aliphatic rings. The molecular weight excluding hydrogens is 478 g/mol. The summed E-state index contributed by atoms with van der Waals surface area (Å²) in [5.41, 5.74) is 7.17. The Balaban J connectivity index is 1.52. The maximum atomic E-state index is 14.3. The SMILES string of the molecule is CN1CC[C@@H](Oc2cc3ncnc(Nc4cncc(-c5c(F)cccc5F)c4)c3cc2C=CC(N)=O)C1. The summed E-state index contributed by atoms with van der Waals surface area (Å²) in [4.78, 5) is 26.5. The second-order valence-electron chi connectivity index (χ2n) is 8.84. The summed E-state index contributed by atoms with van der Waals surface area (Å²) in [7, 11) is 2.03. The third kappa shape index (κ3) is 5.39. The van der Waals surface area contributed by atoms with E-state index in [4.69, 9.17) is 10.5 Å². The number of ether oxygens (including phenoxy) is 1. The molecule has 2 aromatic heterocycles. The topological polar surface area (TPSA) is 106 Å². The molecule has 1 saturated heterocycles. The number of rotatable bonds is 7. The number of primary amides is 1. The molecule has 188 valence electrons. The molecule has 0 saturated carbocycles. The molecule has 37 heavy (non-hydrogen) atoms. The van der Waals surface area contributed by atoms with E-state index in [0.717, 1.165) is 19.5 Å². The monoisotopic (exact) mass is 502 g/mol. The van der Waals surface area contributed by atoms with Crippen molar-refractivity contribution in [2.24, 2.45) is 5.73 Å². The Morgan fingerprint density at radius 2 is 2.00 bits per heavy atom. The second kappa shape index (κ2) is 10.3. The van der Waals surface area contributed by atoms with Crippen LogP contribution in [0.5, 0.6) is 5.75 Å². The predicted molar refractivity (Wildman–Crippen MR) is 137 cm³/mol. The molecule has 10 heteroatoms. The second-order valence-corrected chi connectivity index (χ2v) is 8.84. The van der Waals surface area contributed by atoms with Gasteiger partial charge in [0.15, 0.2) is 0 Å². The van der Waals surface area contributed by atoms with Crippen LogP contribution < -0.4 is 15.8 Å². The zero-order valence-electron chi connectivity index (χ0n) is 20.0. The molecule has 0 unspecified atom stereocenters. The lowest BCUT2D eigenvalue weighted by Crippen LogP contribution is -2.21. The van der Waals surface area contributed by atoms with Crippen LogP contribution >= 0.6 is 0 Å². The number of benzene rings is 2. The number of aromatic nitrogens is 3. The molecule has 1 amide bonds. The van der Waals surface area contributed by atoms with Crippen molar-refractivity contribution in [2.75, 3.05) is 25.5 Å². The number of carbonyl (C=O) groups is 1. The highest BCUT2D eigenvalue weighted by molar-refractivity contribution is 5.96. The molecule has 3 N–H and O–H groups in total. The molecule has 5 rings (SSSR count). The lowest BCUT2D eigenvalue weighted by atomic mass is 10.1. The van der Waals surface area contributed by atoms with Crippen LogP contribution in [0.2, 0.25) is 0 Å². The maximum absolute atomic E-state index is 14.3. The smallest absolute Gasteiger partial charge is 0.241 e. The fraction of sp³-hybridized carbons (Fsp3) is 0.185.